The van der Waals surface area contributed by atoms with Crippen molar-refractivity contribution < 1.29 is 33.0 Å². The highest BCUT2D eigenvalue weighted by Crippen LogP contribution is 2.34. The molecule has 1 aliphatic heterocycles. The van der Waals surface area contributed by atoms with Crippen molar-refractivity contribution in [2.75, 3.05) is 20.8 Å². The Bertz CT molecular complexity index is 1450. The van der Waals surface area contributed by atoms with Crippen molar-refractivity contribution in [2.45, 2.75) is 13.0 Å². The van der Waals surface area contributed by atoms with Crippen molar-refractivity contribution in [1.82, 2.24) is 16.1 Å². The molecule has 4 rings (SSSR count). The van der Waals surface area contributed by atoms with Crippen LogP contribution in [0.2, 0.25) is 5.02 Å². The predicted octanol–water partition coefficient (Wildman–Crippen LogP) is 3.94. The van der Waals surface area contributed by atoms with Crippen molar-refractivity contribution in [3.63, 3.8) is 0 Å². The summed E-state index contributed by atoms with van der Waals surface area (Å²) < 4.78 is 21.6. The highest BCUT2D eigenvalue weighted by molar-refractivity contribution is 6.30. The van der Waals surface area contributed by atoms with Gasteiger partial charge in [0.15, 0.2) is 18.1 Å². The molecule has 1 atom stereocenters. The fourth-order valence-electron chi connectivity index (χ4n) is 3.84. The number of hydrogen-bond donors (Lipinski definition) is 3. The number of benzene rings is 2. The van der Waals surface area contributed by atoms with Gasteiger partial charge in [0, 0.05) is 16.3 Å². The molecular formula is C27H25ClN4O7. The summed E-state index contributed by atoms with van der Waals surface area (Å²) in [5.74, 6) is 0.547. The average Bonchev–Trinajstić information content (AvgIpc) is 3.40. The normalized spacial score (nSPS) is 15.0. The van der Waals surface area contributed by atoms with Crippen molar-refractivity contribution in [3.05, 3.63) is 82.2 Å². The minimum atomic E-state index is -0.770. The third-order valence-electron chi connectivity index (χ3n) is 5.69. The zero-order valence-electron chi connectivity index (χ0n) is 21.2. The summed E-state index contributed by atoms with van der Waals surface area (Å²) in [4.78, 5) is 36.6. The van der Waals surface area contributed by atoms with E-state index in [2.05, 4.69) is 21.2 Å². The molecule has 12 heteroatoms. The van der Waals surface area contributed by atoms with Gasteiger partial charge in [-0.3, -0.25) is 4.79 Å². The predicted molar refractivity (Wildman–Crippen MR) is 143 cm³/mol. The number of esters is 1. The number of hydrazone groups is 1. The largest absolute Gasteiger partial charge is 0.493 e. The van der Waals surface area contributed by atoms with E-state index >= 15 is 0 Å². The molecule has 2 aromatic carbocycles. The fraction of sp³-hybridized carbons (Fsp3) is 0.185. The number of halogens is 1. The van der Waals surface area contributed by atoms with Gasteiger partial charge in [-0.2, -0.15) is 5.10 Å². The molecule has 0 fully saturated rings. The van der Waals surface area contributed by atoms with Crippen LogP contribution in [0.25, 0.3) is 11.3 Å². The number of methoxy groups -OCH3 is 2. The lowest BCUT2D eigenvalue weighted by atomic mass is 9.95. The second-order valence-corrected chi connectivity index (χ2v) is 8.70. The Morgan fingerprint density at radius 1 is 1.10 bits per heavy atom. The standard InChI is InChI=1S/C27H25ClN4O7/c1-15-24(26(34)37-3)25(31-27(35)30-15)17-6-10-21(22(12-17)36-2)38-14-23(33)32-29-13-19-9-11-20(39-19)16-4-7-18(28)8-5-16/h4-13,25H,14H2,1-3H3,(H,32,33)(H2,30,31,35)/b29-13-/t25-/m0/s1. The molecule has 1 aliphatic rings. The van der Waals surface area contributed by atoms with Gasteiger partial charge < -0.3 is 29.3 Å². The molecule has 3 amide bonds. The number of nitrogens with one attached hydrogen (secondary N) is 3. The van der Waals surface area contributed by atoms with E-state index in [1.165, 1.54) is 20.4 Å². The van der Waals surface area contributed by atoms with Crippen molar-refractivity contribution in [3.8, 4) is 22.8 Å². The first-order valence-electron chi connectivity index (χ1n) is 11.6. The highest BCUT2D eigenvalue weighted by atomic mass is 35.5. The van der Waals surface area contributed by atoms with Crippen LogP contribution in [0, 0.1) is 0 Å². The van der Waals surface area contributed by atoms with Crippen LogP contribution in [0.3, 0.4) is 0 Å². The van der Waals surface area contributed by atoms with Gasteiger partial charge in [0.05, 0.1) is 32.0 Å². The molecule has 3 N–H and O–H groups in total. The molecule has 2 heterocycles. The smallest absolute Gasteiger partial charge is 0.337 e. The van der Waals surface area contributed by atoms with Gasteiger partial charge in [-0.25, -0.2) is 15.0 Å². The molecule has 0 saturated heterocycles. The number of urea groups is 1. The van der Waals surface area contributed by atoms with Gasteiger partial charge in [-0.05, 0) is 61.0 Å². The van der Waals surface area contributed by atoms with E-state index in [9.17, 15) is 14.4 Å². The second-order valence-electron chi connectivity index (χ2n) is 8.26. The maximum absolute atomic E-state index is 12.3. The van der Waals surface area contributed by atoms with Crippen molar-refractivity contribution in [2.24, 2.45) is 5.10 Å². The number of carbonyl (C=O) groups is 3. The lowest BCUT2D eigenvalue weighted by molar-refractivity contribution is -0.136. The number of rotatable bonds is 9. The lowest BCUT2D eigenvalue weighted by Gasteiger charge is -2.28. The molecule has 1 aromatic heterocycles. The summed E-state index contributed by atoms with van der Waals surface area (Å²) in [5, 5.41) is 9.78. The Morgan fingerprint density at radius 3 is 2.59 bits per heavy atom. The number of carbonyl (C=O) groups excluding carboxylic acids is 3. The quantitative estimate of drug-likeness (QED) is 0.207. The Hall–Kier alpha value is -4.77. The van der Waals surface area contributed by atoms with Crippen molar-refractivity contribution >= 4 is 35.7 Å². The van der Waals surface area contributed by atoms with E-state index in [1.54, 1.807) is 49.4 Å². The van der Waals surface area contributed by atoms with Crippen LogP contribution in [0.4, 0.5) is 4.79 Å². The Balaban J connectivity index is 1.37. The Labute approximate surface area is 228 Å². The molecule has 39 heavy (non-hydrogen) atoms. The molecule has 0 saturated carbocycles. The van der Waals surface area contributed by atoms with Gasteiger partial charge in [0.1, 0.15) is 11.5 Å². The molecule has 0 unspecified atom stereocenters. The maximum Gasteiger partial charge on any atom is 0.337 e. The molecule has 3 aromatic rings. The molecule has 0 radical (unpaired) electrons. The first kappa shape index (κ1) is 27.3. The first-order valence-corrected chi connectivity index (χ1v) is 12.0. The first-order chi connectivity index (χ1) is 18.8. The monoisotopic (exact) mass is 552 g/mol. The van der Waals surface area contributed by atoms with Gasteiger partial charge in [0.25, 0.3) is 5.91 Å². The third-order valence-corrected chi connectivity index (χ3v) is 5.94. The second kappa shape index (κ2) is 12.2. The molecular weight excluding hydrogens is 528 g/mol. The van der Waals surface area contributed by atoms with E-state index in [-0.39, 0.29) is 17.9 Å². The van der Waals surface area contributed by atoms with Crippen molar-refractivity contribution in [1.29, 1.82) is 0 Å². The van der Waals surface area contributed by atoms with Gasteiger partial charge in [-0.15, -0.1) is 0 Å². The Kier molecular flexibility index (Phi) is 8.52. The SMILES string of the molecule is COC(=O)C1=C(C)NC(=O)N[C@H]1c1ccc(OCC(=O)N/N=C\c2ccc(-c3ccc(Cl)cc3)o2)c(OC)c1. The zero-order valence-corrected chi connectivity index (χ0v) is 22.0. The summed E-state index contributed by atoms with van der Waals surface area (Å²) in [6.07, 6.45) is 1.37. The van der Waals surface area contributed by atoms with Gasteiger partial charge in [-0.1, -0.05) is 17.7 Å². The number of nitrogens with zero attached hydrogens (tertiary/aromatic N) is 1. The van der Waals surface area contributed by atoms with E-state index in [0.717, 1.165) is 5.56 Å². The number of ether oxygens (including phenoxy) is 3. The average molecular weight is 553 g/mol. The topological polar surface area (TPSA) is 140 Å². The summed E-state index contributed by atoms with van der Waals surface area (Å²) in [5.41, 5.74) is 4.41. The molecule has 0 spiro atoms. The number of amides is 3. The zero-order chi connectivity index (χ0) is 27.9. The van der Waals surface area contributed by atoms with E-state index < -0.39 is 23.9 Å². The van der Waals surface area contributed by atoms with Crippen LogP contribution in [0.15, 0.2) is 75.4 Å². The maximum atomic E-state index is 12.3. The number of allylic oxidation sites excluding steroid dienone is 1. The van der Waals surface area contributed by atoms with Crippen LogP contribution in [-0.4, -0.2) is 44.9 Å². The molecule has 11 nitrogen and oxygen atoms in total. The third kappa shape index (κ3) is 6.57. The van der Waals surface area contributed by atoms with E-state index in [1.807, 2.05) is 12.1 Å². The summed E-state index contributed by atoms with van der Waals surface area (Å²) in [6.45, 7) is 1.26. The summed E-state index contributed by atoms with van der Waals surface area (Å²) >= 11 is 5.91. The van der Waals surface area contributed by atoms with Crippen LogP contribution >= 0.6 is 11.6 Å². The number of hydrogen-bond acceptors (Lipinski definition) is 8. The molecule has 202 valence electrons. The lowest BCUT2D eigenvalue weighted by Crippen LogP contribution is -2.45. The van der Waals surface area contributed by atoms with Crippen LogP contribution in [0.1, 0.15) is 24.3 Å². The van der Waals surface area contributed by atoms with E-state index in [0.29, 0.717) is 33.6 Å². The summed E-state index contributed by atoms with van der Waals surface area (Å²) in [7, 11) is 2.69. The number of furan rings is 1. The van der Waals surface area contributed by atoms with Gasteiger partial charge >= 0.3 is 12.0 Å². The van der Waals surface area contributed by atoms with Crippen LogP contribution < -0.4 is 25.5 Å². The van der Waals surface area contributed by atoms with Crippen LogP contribution in [0.5, 0.6) is 11.5 Å². The van der Waals surface area contributed by atoms with Gasteiger partial charge in [0.2, 0.25) is 0 Å². The molecule has 0 aliphatic carbocycles. The Morgan fingerprint density at radius 2 is 1.87 bits per heavy atom. The van der Waals surface area contributed by atoms with Crippen LogP contribution in [-0.2, 0) is 14.3 Å². The summed E-state index contributed by atoms with van der Waals surface area (Å²) in [6, 6.07) is 14.3. The minimum absolute atomic E-state index is 0.252. The minimum Gasteiger partial charge on any atom is -0.493 e. The molecule has 0 bridgehead atoms. The fourth-order valence-corrected chi connectivity index (χ4v) is 3.97. The highest BCUT2D eigenvalue weighted by Gasteiger charge is 2.32. The van der Waals surface area contributed by atoms with E-state index in [4.69, 9.17) is 30.2 Å².